The smallest absolute Gasteiger partial charge is 0.335 e. The van der Waals surface area contributed by atoms with Gasteiger partial charge in [-0.1, -0.05) is 82.9 Å². The Hall–Kier alpha value is -1.95. The lowest BCUT2D eigenvalue weighted by Crippen LogP contribution is -2.38. The van der Waals surface area contributed by atoms with Crippen LogP contribution in [0, 0.1) is 10.1 Å². The maximum atomic E-state index is 11.8. The van der Waals surface area contributed by atoms with Gasteiger partial charge in [0.1, 0.15) is 6.10 Å². The maximum absolute atomic E-state index is 11.8. The third-order valence-electron chi connectivity index (χ3n) is 5.95. The van der Waals surface area contributed by atoms with Gasteiger partial charge in [-0.2, -0.15) is 0 Å². The van der Waals surface area contributed by atoms with Gasteiger partial charge < -0.3 is 9.84 Å². The first-order valence-electron chi connectivity index (χ1n) is 12.5. The van der Waals surface area contributed by atoms with Crippen molar-refractivity contribution in [2.45, 2.75) is 122 Å². The van der Waals surface area contributed by atoms with E-state index in [9.17, 15) is 20.0 Å². The number of unbranched alkanes of at least 4 members (excludes halogenated alkanes) is 9. The molecule has 1 rings (SSSR count). The van der Waals surface area contributed by atoms with Crippen LogP contribution in [0.4, 0.5) is 0 Å². The Morgan fingerprint density at radius 2 is 1.53 bits per heavy atom. The van der Waals surface area contributed by atoms with Crippen LogP contribution >= 0.6 is 0 Å². The lowest BCUT2D eigenvalue weighted by molar-refractivity contribution is -0.537. The number of ether oxygens (including phenoxy) is 1. The molecule has 182 valence electrons. The molecule has 0 fully saturated rings. The van der Waals surface area contributed by atoms with Crippen LogP contribution in [0.5, 0.6) is 0 Å². The van der Waals surface area contributed by atoms with E-state index < -0.39 is 18.1 Å². The largest absolute Gasteiger partial charge is 0.478 e. The minimum absolute atomic E-state index is 0.120. The number of hydrogen-bond acceptors (Lipinski definition) is 4. The fourth-order valence-electron chi connectivity index (χ4n) is 4.21. The number of aryl methyl sites for hydroxylation is 1. The SMILES string of the molecule is CCCCCCCCCCCCC(C(CCc1ccccc1C(=O)O)OC(C)C)[N+](=O)[O-]. The molecule has 0 bridgehead atoms. The molecular formula is C26H43NO5. The predicted octanol–water partition coefficient (Wildman–Crippen LogP) is 7.07. The Morgan fingerprint density at radius 1 is 0.969 bits per heavy atom. The molecule has 0 aliphatic heterocycles. The Balaban J connectivity index is 2.53. The number of nitro groups is 1. The van der Waals surface area contributed by atoms with Gasteiger partial charge in [-0.05, 0) is 44.7 Å². The molecule has 0 aliphatic carbocycles. The summed E-state index contributed by atoms with van der Waals surface area (Å²) < 4.78 is 5.95. The Bertz CT molecular complexity index is 661. The molecule has 0 saturated heterocycles. The van der Waals surface area contributed by atoms with E-state index >= 15 is 0 Å². The molecule has 0 saturated carbocycles. The van der Waals surface area contributed by atoms with Crippen LogP contribution in [0.25, 0.3) is 0 Å². The summed E-state index contributed by atoms with van der Waals surface area (Å²) in [5, 5.41) is 21.2. The average molecular weight is 450 g/mol. The molecule has 0 spiro atoms. The minimum Gasteiger partial charge on any atom is -0.478 e. The summed E-state index contributed by atoms with van der Waals surface area (Å²) in [5.41, 5.74) is 0.946. The van der Waals surface area contributed by atoms with Crippen molar-refractivity contribution in [2.75, 3.05) is 0 Å². The molecular weight excluding hydrogens is 406 g/mol. The van der Waals surface area contributed by atoms with Crippen LogP contribution in [-0.2, 0) is 11.2 Å². The standard InChI is InChI=1S/C26H43NO5/c1-4-5-6-7-8-9-10-11-12-13-18-24(27(30)31)25(32-21(2)3)20-19-22-16-14-15-17-23(22)26(28)29/h14-17,21,24-25H,4-13,18-20H2,1-3H3,(H,28,29). The molecule has 6 nitrogen and oxygen atoms in total. The van der Waals surface area contributed by atoms with Gasteiger partial charge in [0.25, 0.3) is 0 Å². The number of carbonyl (C=O) groups is 1. The average Bonchev–Trinajstić information content (AvgIpc) is 2.75. The highest BCUT2D eigenvalue weighted by Crippen LogP contribution is 2.21. The number of carboxylic acids is 1. The minimum atomic E-state index is -0.974. The zero-order valence-electron chi connectivity index (χ0n) is 20.3. The lowest BCUT2D eigenvalue weighted by Gasteiger charge is -2.24. The summed E-state index contributed by atoms with van der Waals surface area (Å²) in [6.45, 7) is 6.00. The van der Waals surface area contributed by atoms with E-state index in [0.717, 1.165) is 19.3 Å². The molecule has 2 unspecified atom stereocenters. The summed E-state index contributed by atoms with van der Waals surface area (Å²) in [7, 11) is 0. The normalized spacial score (nSPS) is 13.2. The van der Waals surface area contributed by atoms with Crippen molar-refractivity contribution in [3.63, 3.8) is 0 Å². The molecule has 0 radical (unpaired) electrons. The zero-order valence-corrected chi connectivity index (χ0v) is 20.3. The highest BCUT2D eigenvalue weighted by atomic mass is 16.6. The van der Waals surface area contributed by atoms with E-state index in [0.29, 0.717) is 24.8 Å². The number of carboxylic acid groups (broad SMARTS) is 1. The first-order valence-corrected chi connectivity index (χ1v) is 12.5. The van der Waals surface area contributed by atoms with E-state index in [2.05, 4.69) is 6.92 Å². The Kier molecular flexibility index (Phi) is 14.6. The van der Waals surface area contributed by atoms with Crippen LogP contribution in [0.1, 0.15) is 114 Å². The van der Waals surface area contributed by atoms with Gasteiger partial charge in [-0.25, -0.2) is 4.79 Å². The molecule has 32 heavy (non-hydrogen) atoms. The van der Waals surface area contributed by atoms with Gasteiger partial charge in [-0.15, -0.1) is 0 Å². The second kappa shape index (κ2) is 16.7. The van der Waals surface area contributed by atoms with Gasteiger partial charge in [0, 0.05) is 11.3 Å². The van der Waals surface area contributed by atoms with E-state index in [1.54, 1.807) is 24.3 Å². The molecule has 0 heterocycles. The summed E-state index contributed by atoms with van der Waals surface area (Å²) >= 11 is 0. The van der Waals surface area contributed by atoms with E-state index in [1.807, 2.05) is 13.8 Å². The molecule has 0 aliphatic rings. The molecule has 0 aromatic heterocycles. The summed E-state index contributed by atoms with van der Waals surface area (Å²) in [6.07, 6.45) is 12.7. The van der Waals surface area contributed by atoms with E-state index in [4.69, 9.17) is 4.74 Å². The van der Waals surface area contributed by atoms with Crippen molar-refractivity contribution in [1.29, 1.82) is 0 Å². The molecule has 2 atom stereocenters. The van der Waals surface area contributed by atoms with E-state index in [1.165, 1.54) is 44.9 Å². The second-order valence-corrected chi connectivity index (χ2v) is 9.05. The van der Waals surface area contributed by atoms with Crippen molar-refractivity contribution in [2.24, 2.45) is 0 Å². The first-order chi connectivity index (χ1) is 15.4. The number of rotatable bonds is 19. The summed E-state index contributed by atoms with van der Waals surface area (Å²) in [4.78, 5) is 23.1. The molecule has 1 aromatic carbocycles. The van der Waals surface area contributed by atoms with Gasteiger partial charge in [-0.3, -0.25) is 10.1 Å². The third kappa shape index (κ3) is 11.6. The predicted molar refractivity (Wildman–Crippen MR) is 129 cm³/mol. The number of benzene rings is 1. The fourth-order valence-corrected chi connectivity index (χ4v) is 4.21. The van der Waals surface area contributed by atoms with Crippen molar-refractivity contribution >= 4 is 5.97 Å². The van der Waals surface area contributed by atoms with Crippen LogP contribution < -0.4 is 0 Å². The van der Waals surface area contributed by atoms with Gasteiger partial charge in [0.05, 0.1) is 11.7 Å². The monoisotopic (exact) mass is 449 g/mol. The third-order valence-corrected chi connectivity index (χ3v) is 5.95. The Labute approximate surface area is 193 Å². The number of hydrogen-bond donors (Lipinski definition) is 1. The quantitative estimate of drug-likeness (QED) is 0.139. The molecule has 0 amide bonds. The zero-order chi connectivity index (χ0) is 23.8. The van der Waals surface area contributed by atoms with Crippen LogP contribution in [-0.4, -0.2) is 34.2 Å². The van der Waals surface area contributed by atoms with Crippen LogP contribution in [0.3, 0.4) is 0 Å². The highest BCUT2D eigenvalue weighted by Gasteiger charge is 2.32. The second-order valence-electron chi connectivity index (χ2n) is 9.05. The van der Waals surface area contributed by atoms with Crippen LogP contribution in [0.2, 0.25) is 0 Å². The van der Waals surface area contributed by atoms with Crippen molar-refractivity contribution in [1.82, 2.24) is 0 Å². The Morgan fingerprint density at radius 3 is 2.06 bits per heavy atom. The van der Waals surface area contributed by atoms with E-state index in [-0.39, 0.29) is 16.6 Å². The van der Waals surface area contributed by atoms with Crippen molar-refractivity contribution < 1.29 is 19.6 Å². The first kappa shape index (κ1) is 28.1. The number of aromatic carboxylic acids is 1. The topological polar surface area (TPSA) is 89.7 Å². The summed E-state index contributed by atoms with van der Waals surface area (Å²) in [5.74, 6) is -0.974. The fraction of sp³-hybridized carbons (Fsp3) is 0.731. The lowest BCUT2D eigenvalue weighted by atomic mass is 9.95. The van der Waals surface area contributed by atoms with Gasteiger partial charge in [0.2, 0.25) is 6.04 Å². The number of nitrogens with zero attached hydrogens (tertiary/aromatic N) is 1. The van der Waals surface area contributed by atoms with Crippen molar-refractivity contribution in [3.8, 4) is 0 Å². The van der Waals surface area contributed by atoms with Crippen molar-refractivity contribution in [3.05, 3.63) is 45.5 Å². The maximum Gasteiger partial charge on any atom is 0.335 e. The summed E-state index contributed by atoms with van der Waals surface area (Å²) in [6, 6.07) is 6.09. The molecule has 1 N–H and O–H groups in total. The highest BCUT2D eigenvalue weighted by molar-refractivity contribution is 5.89. The van der Waals surface area contributed by atoms with Crippen LogP contribution in [0.15, 0.2) is 24.3 Å². The van der Waals surface area contributed by atoms with Gasteiger partial charge in [0.15, 0.2) is 0 Å². The molecule has 6 heteroatoms. The molecule has 1 aromatic rings. The van der Waals surface area contributed by atoms with Gasteiger partial charge >= 0.3 is 5.97 Å².